The van der Waals surface area contributed by atoms with Crippen molar-refractivity contribution in [3.63, 3.8) is 0 Å². The number of aliphatic hydroxyl groups is 1. The first-order chi connectivity index (χ1) is 10.7. The third-order valence-electron chi connectivity index (χ3n) is 4.63. The summed E-state index contributed by atoms with van der Waals surface area (Å²) in [5, 5.41) is 8.95. The number of benzene rings is 1. The number of amides is 1. The minimum absolute atomic E-state index is 0.149. The molecule has 0 spiro atoms. The van der Waals surface area contributed by atoms with Crippen LogP contribution in [-0.4, -0.2) is 53.6 Å². The molecule has 1 heterocycles. The number of piperidine rings is 1. The van der Waals surface area contributed by atoms with Crippen LogP contribution in [0.15, 0.2) is 30.3 Å². The zero-order valence-corrected chi connectivity index (χ0v) is 13.6. The highest BCUT2D eigenvalue weighted by Crippen LogP contribution is 2.22. The Hall–Kier alpha value is -1.39. The van der Waals surface area contributed by atoms with Crippen molar-refractivity contribution in [3.05, 3.63) is 35.9 Å². The molecule has 2 rings (SSSR count). The second kappa shape index (κ2) is 8.91. The molecule has 122 valence electrons. The standard InChI is InChI=1S/C18H28N2O2/c1-2-20(18(22)15-21)13-10-16-8-11-19(12-9-16)14-17-6-4-3-5-7-17/h3-7,16,21H,2,8-15H2,1H3. The number of hydrogen-bond acceptors (Lipinski definition) is 3. The fraction of sp³-hybridized carbons (Fsp3) is 0.611. The van der Waals surface area contributed by atoms with Crippen molar-refractivity contribution in [1.82, 2.24) is 9.80 Å². The maximum Gasteiger partial charge on any atom is 0.248 e. The summed E-state index contributed by atoms with van der Waals surface area (Å²) in [6.45, 7) is 6.38. The van der Waals surface area contributed by atoms with Crippen LogP contribution in [0.4, 0.5) is 0 Å². The Kier molecular flexibility index (Phi) is 6.87. The van der Waals surface area contributed by atoms with Crippen molar-refractivity contribution in [2.45, 2.75) is 32.7 Å². The molecule has 1 N–H and O–H groups in total. The van der Waals surface area contributed by atoms with Crippen molar-refractivity contribution in [2.24, 2.45) is 5.92 Å². The Labute approximate surface area is 133 Å². The minimum atomic E-state index is -0.372. The Morgan fingerprint density at radius 2 is 1.95 bits per heavy atom. The molecule has 4 heteroatoms. The van der Waals surface area contributed by atoms with Gasteiger partial charge in [-0.3, -0.25) is 9.69 Å². The summed E-state index contributed by atoms with van der Waals surface area (Å²) >= 11 is 0. The Morgan fingerprint density at radius 1 is 1.27 bits per heavy atom. The van der Waals surface area contributed by atoms with Crippen LogP contribution < -0.4 is 0 Å². The Morgan fingerprint density at radius 3 is 2.55 bits per heavy atom. The van der Waals surface area contributed by atoms with Gasteiger partial charge in [0.05, 0.1) is 0 Å². The molecule has 1 aromatic carbocycles. The summed E-state index contributed by atoms with van der Waals surface area (Å²) in [6, 6.07) is 10.6. The number of carbonyl (C=O) groups is 1. The van der Waals surface area contributed by atoms with Gasteiger partial charge >= 0.3 is 0 Å². The maximum absolute atomic E-state index is 11.5. The van der Waals surface area contributed by atoms with E-state index in [9.17, 15) is 4.79 Å². The summed E-state index contributed by atoms with van der Waals surface area (Å²) in [4.78, 5) is 15.8. The van der Waals surface area contributed by atoms with Crippen LogP contribution >= 0.6 is 0 Å². The lowest BCUT2D eigenvalue weighted by molar-refractivity contribution is -0.134. The van der Waals surface area contributed by atoms with Gasteiger partial charge in [-0.25, -0.2) is 0 Å². The molecule has 1 aliphatic rings. The molecule has 0 radical (unpaired) electrons. The lowest BCUT2D eigenvalue weighted by Gasteiger charge is -2.33. The average molecular weight is 304 g/mol. The zero-order chi connectivity index (χ0) is 15.8. The lowest BCUT2D eigenvalue weighted by atomic mass is 9.93. The summed E-state index contributed by atoms with van der Waals surface area (Å²) in [6.07, 6.45) is 3.47. The molecule has 22 heavy (non-hydrogen) atoms. The second-order valence-corrected chi connectivity index (χ2v) is 6.13. The van der Waals surface area contributed by atoms with Crippen LogP contribution in [0.2, 0.25) is 0 Å². The van der Waals surface area contributed by atoms with Gasteiger partial charge in [-0.05, 0) is 50.8 Å². The molecule has 1 saturated heterocycles. The van der Waals surface area contributed by atoms with Gasteiger partial charge in [0.15, 0.2) is 0 Å². The summed E-state index contributed by atoms with van der Waals surface area (Å²) in [5.74, 6) is 0.552. The number of rotatable bonds is 7. The third-order valence-corrected chi connectivity index (χ3v) is 4.63. The smallest absolute Gasteiger partial charge is 0.248 e. The van der Waals surface area contributed by atoms with Gasteiger partial charge in [0.2, 0.25) is 5.91 Å². The van der Waals surface area contributed by atoms with Gasteiger partial charge in [0.1, 0.15) is 6.61 Å². The Bertz CT molecular complexity index is 442. The molecular formula is C18H28N2O2. The van der Waals surface area contributed by atoms with Gasteiger partial charge in [0.25, 0.3) is 0 Å². The molecule has 1 aliphatic heterocycles. The topological polar surface area (TPSA) is 43.8 Å². The fourth-order valence-corrected chi connectivity index (χ4v) is 3.17. The Balaban J connectivity index is 1.70. The monoisotopic (exact) mass is 304 g/mol. The number of hydrogen-bond donors (Lipinski definition) is 1. The second-order valence-electron chi connectivity index (χ2n) is 6.13. The molecule has 0 aromatic heterocycles. The van der Waals surface area contributed by atoms with Crippen LogP contribution in [0.3, 0.4) is 0 Å². The lowest BCUT2D eigenvalue weighted by Crippen LogP contribution is -2.37. The molecule has 0 unspecified atom stereocenters. The van der Waals surface area contributed by atoms with E-state index >= 15 is 0 Å². The van der Waals surface area contributed by atoms with E-state index in [4.69, 9.17) is 5.11 Å². The molecule has 0 saturated carbocycles. The van der Waals surface area contributed by atoms with Gasteiger partial charge in [0, 0.05) is 19.6 Å². The summed E-state index contributed by atoms with van der Waals surface area (Å²) in [5.41, 5.74) is 1.38. The third kappa shape index (κ3) is 5.11. The molecule has 0 aliphatic carbocycles. The van der Waals surface area contributed by atoms with E-state index in [0.29, 0.717) is 12.5 Å². The van der Waals surface area contributed by atoms with Crippen LogP contribution in [0.5, 0.6) is 0 Å². The van der Waals surface area contributed by atoms with Crippen LogP contribution in [0.25, 0.3) is 0 Å². The highest BCUT2D eigenvalue weighted by Gasteiger charge is 2.20. The van der Waals surface area contributed by atoms with Gasteiger partial charge in [-0.1, -0.05) is 30.3 Å². The zero-order valence-electron chi connectivity index (χ0n) is 13.6. The largest absolute Gasteiger partial charge is 0.387 e. The number of likely N-dealkylation sites (tertiary alicyclic amines) is 1. The summed E-state index contributed by atoms with van der Waals surface area (Å²) in [7, 11) is 0. The predicted molar refractivity (Wildman–Crippen MR) is 88.4 cm³/mol. The molecule has 0 bridgehead atoms. The van der Waals surface area contributed by atoms with Gasteiger partial charge < -0.3 is 10.0 Å². The van der Waals surface area contributed by atoms with Crippen LogP contribution in [0.1, 0.15) is 31.7 Å². The van der Waals surface area contributed by atoms with E-state index < -0.39 is 0 Å². The SMILES string of the molecule is CCN(CCC1CCN(Cc2ccccc2)CC1)C(=O)CO. The predicted octanol–water partition coefficient (Wildman–Crippen LogP) is 2.13. The number of carbonyl (C=O) groups excluding carboxylic acids is 1. The molecule has 1 fully saturated rings. The van der Waals surface area contributed by atoms with E-state index in [1.807, 2.05) is 6.92 Å². The van der Waals surface area contributed by atoms with E-state index in [2.05, 4.69) is 35.2 Å². The van der Waals surface area contributed by atoms with Crippen molar-refractivity contribution in [1.29, 1.82) is 0 Å². The highest BCUT2D eigenvalue weighted by molar-refractivity contribution is 5.77. The minimum Gasteiger partial charge on any atom is -0.387 e. The first kappa shape index (κ1) is 17.0. The maximum atomic E-state index is 11.5. The first-order valence-corrected chi connectivity index (χ1v) is 8.37. The molecule has 4 nitrogen and oxygen atoms in total. The van der Waals surface area contributed by atoms with Gasteiger partial charge in [-0.15, -0.1) is 0 Å². The molecule has 1 amide bonds. The summed E-state index contributed by atoms with van der Waals surface area (Å²) < 4.78 is 0. The number of aliphatic hydroxyl groups excluding tert-OH is 1. The molecule has 0 atom stereocenters. The van der Waals surface area contributed by atoms with Crippen molar-refractivity contribution in [2.75, 3.05) is 32.8 Å². The van der Waals surface area contributed by atoms with Crippen molar-refractivity contribution < 1.29 is 9.90 Å². The number of nitrogens with zero attached hydrogens (tertiary/aromatic N) is 2. The average Bonchev–Trinajstić information content (AvgIpc) is 2.57. The molecule has 1 aromatic rings. The normalized spacial score (nSPS) is 16.6. The quantitative estimate of drug-likeness (QED) is 0.839. The van der Waals surface area contributed by atoms with Crippen LogP contribution in [0, 0.1) is 5.92 Å². The molecular weight excluding hydrogens is 276 g/mol. The fourth-order valence-electron chi connectivity index (χ4n) is 3.17. The van der Waals surface area contributed by atoms with E-state index in [0.717, 1.165) is 32.6 Å². The highest BCUT2D eigenvalue weighted by atomic mass is 16.3. The van der Waals surface area contributed by atoms with Crippen LogP contribution in [-0.2, 0) is 11.3 Å². The van der Waals surface area contributed by atoms with E-state index in [-0.39, 0.29) is 12.5 Å². The van der Waals surface area contributed by atoms with Crippen molar-refractivity contribution >= 4 is 5.91 Å². The van der Waals surface area contributed by atoms with Gasteiger partial charge in [-0.2, -0.15) is 0 Å². The number of likely N-dealkylation sites (N-methyl/N-ethyl adjacent to an activating group) is 1. The van der Waals surface area contributed by atoms with E-state index in [1.54, 1.807) is 4.90 Å². The van der Waals surface area contributed by atoms with Crippen molar-refractivity contribution in [3.8, 4) is 0 Å². The van der Waals surface area contributed by atoms with E-state index in [1.165, 1.54) is 18.4 Å². The first-order valence-electron chi connectivity index (χ1n) is 8.37.